The van der Waals surface area contributed by atoms with E-state index in [-0.39, 0.29) is 0 Å². The van der Waals surface area contributed by atoms with Gasteiger partial charge in [0.1, 0.15) is 12.2 Å². The van der Waals surface area contributed by atoms with Crippen LogP contribution in [0.2, 0.25) is 0 Å². The average molecular weight is 247 g/mol. The second-order valence-electron chi connectivity index (χ2n) is 6.01. The Labute approximate surface area is 108 Å². The summed E-state index contributed by atoms with van der Waals surface area (Å²) in [5.74, 6) is 2.87. The van der Waals surface area contributed by atoms with Gasteiger partial charge in [0.25, 0.3) is 0 Å². The molecule has 98 valence electrons. The molecule has 1 aromatic heterocycles. The van der Waals surface area contributed by atoms with Gasteiger partial charge in [-0.3, -0.25) is 4.90 Å². The highest BCUT2D eigenvalue weighted by Gasteiger charge is 2.53. The molecule has 3 aliphatic heterocycles. The van der Waals surface area contributed by atoms with Crippen LogP contribution in [-0.4, -0.2) is 51.4 Å². The van der Waals surface area contributed by atoms with Crippen molar-refractivity contribution in [3.63, 3.8) is 0 Å². The number of fused-ring (bicyclic) bond motifs is 5. The van der Waals surface area contributed by atoms with Crippen LogP contribution >= 0.6 is 0 Å². The summed E-state index contributed by atoms with van der Waals surface area (Å²) in [5.41, 5.74) is 0. The van der Waals surface area contributed by atoms with E-state index in [1.165, 1.54) is 32.5 Å². The Morgan fingerprint density at radius 2 is 1.94 bits per heavy atom. The molecule has 0 aromatic carbocycles. The monoisotopic (exact) mass is 247 g/mol. The first-order chi connectivity index (χ1) is 8.84. The van der Waals surface area contributed by atoms with Crippen LogP contribution in [0.3, 0.4) is 0 Å². The van der Waals surface area contributed by atoms with Crippen LogP contribution in [0.4, 0.5) is 0 Å². The Bertz CT molecular complexity index is 424. The third-order valence-corrected chi connectivity index (χ3v) is 5.32. The second kappa shape index (κ2) is 4.03. The minimum atomic E-state index is 0.840. The van der Waals surface area contributed by atoms with Gasteiger partial charge in [-0.25, -0.2) is 0 Å². The molecular weight excluding hydrogens is 226 g/mol. The molecule has 4 heterocycles. The van der Waals surface area contributed by atoms with Gasteiger partial charge in [0, 0.05) is 25.2 Å². The Kier molecular flexibility index (Phi) is 2.45. The first kappa shape index (κ1) is 10.9. The van der Waals surface area contributed by atoms with Crippen LogP contribution in [0.1, 0.15) is 18.7 Å². The minimum Gasteiger partial charge on any atom is -0.317 e. The molecule has 3 saturated heterocycles. The summed E-state index contributed by atoms with van der Waals surface area (Å²) < 4.78 is 2.17. The van der Waals surface area contributed by atoms with E-state index >= 15 is 0 Å². The van der Waals surface area contributed by atoms with Gasteiger partial charge < -0.3 is 9.88 Å². The molecule has 1 aromatic rings. The smallest absolute Gasteiger partial charge is 0.129 e. The fourth-order valence-corrected chi connectivity index (χ4v) is 4.49. The highest BCUT2D eigenvalue weighted by Crippen LogP contribution is 2.46. The van der Waals surface area contributed by atoms with Crippen molar-refractivity contribution >= 4 is 0 Å². The first-order valence-electron chi connectivity index (χ1n) is 7.15. The molecule has 3 aliphatic rings. The number of aromatic nitrogens is 3. The van der Waals surface area contributed by atoms with E-state index in [2.05, 4.69) is 25.0 Å². The maximum absolute atomic E-state index is 4.06. The van der Waals surface area contributed by atoms with Crippen LogP contribution in [0.25, 0.3) is 0 Å². The molecule has 0 radical (unpaired) electrons. The van der Waals surface area contributed by atoms with Crippen molar-refractivity contribution in [2.45, 2.75) is 38.4 Å². The van der Waals surface area contributed by atoms with Gasteiger partial charge >= 0.3 is 0 Å². The summed E-state index contributed by atoms with van der Waals surface area (Å²) in [4.78, 5) is 2.77. The normalized spacial score (nSPS) is 38.5. The van der Waals surface area contributed by atoms with E-state index in [4.69, 9.17) is 0 Å². The van der Waals surface area contributed by atoms with Crippen molar-refractivity contribution in [2.24, 2.45) is 11.8 Å². The molecule has 1 N–H and O–H groups in total. The molecule has 5 heteroatoms. The van der Waals surface area contributed by atoms with Crippen LogP contribution in [0, 0.1) is 18.8 Å². The SMILES string of the molecule is Cc1nncn1CCN1[C@@H]2CC[C@H]1[C@H]1CNC[C@H]12. The van der Waals surface area contributed by atoms with Crippen molar-refractivity contribution in [3.8, 4) is 0 Å². The van der Waals surface area contributed by atoms with Gasteiger partial charge in [0.2, 0.25) is 0 Å². The van der Waals surface area contributed by atoms with E-state index in [9.17, 15) is 0 Å². The molecule has 2 bridgehead atoms. The zero-order valence-corrected chi connectivity index (χ0v) is 10.9. The summed E-state index contributed by atoms with van der Waals surface area (Å²) in [7, 11) is 0. The maximum Gasteiger partial charge on any atom is 0.129 e. The van der Waals surface area contributed by atoms with E-state index in [1.807, 2.05) is 13.3 Å². The Hall–Kier alpha value is -0.940. The number of nitrogens with zero attached hydrogens (tertiary/aromatic N) is 4. The summed E-state index contributed by atoms with van der Waals surface area (Å²) in [5, 5.41) is 11.6. The molecule has 4 rings (SSSR count). The number of hydrogen-bond acceptors (Lipinski definition) is 4. The van der Waals surface area contributed by atoms with Gasteiger partial charge in [-0.1, -0.05) is 0 Å². The molecule has 0 unspecified atom stereocenters. The van der Waals surface area contributed by atoms with Crippen molar-refractivity contribution in [1.29, 1.82) is 0 Å². The standard InChI is InChI=1S/C13H21N5/c1-9-16-15-8-17(9)4-5-18-12-2-3-13(18)11-7-14-6-10(11)12/h8,10-14H,2-7H2,1H3/t10-,11+,12-,13+. The maximum atomic E-state index is 4.06. The Morgan fingerprint density at radius 1 is 1.22 bits per heavy atom. The zero-order valence-electron chi connectivity index (χ0n) is 10.9. The van der Waals surface area contributed by atoms with Crippen LogP contribution in [-0.2, 0) is 6.54 Å². The van der Waals surface area contributed by atoms with Crippen molar-refractivity contribution in [2.75, 3.05) is 19.6 Å². The summed E-state index contributed by atoms with van der Waals surface area (Å²) in [6, 6.07) is 1.68. The third-order valence-electron chi connectivity index (χ3n) is 5.32. The van der Waals surface area contributed by atoms with Gasteiger partial charge in [0.05, 0.1) is 0 Å². The summed E-state index contributed by atoms with van der Waals surface area (Å²) in [6.45, 7) is 6.73. The second-order valence-corrected chi connectivity index (χ2v) is 6.01. The van der Waals surface area contributed by atoms with E-state index < -0.39 is 0 Å². The van der Waals surface area contributed by atoms with Gasteiger partial charge in [-0.05, 0) is 44.7 Å². The quantitative estimate of drug-likeness (QED) is 0.833. The average Bonchev–Trinajstić information content (AvgIpc) is 3.07. The molecule has 0 aliphatic carbocycles. The number of nitrogens with one attached hydrogen (secondary N) is 1. The third kappa shape index (κ3) is 1.47. The van der Waals surface area contributed by atoms with Gasteiger partial charge in [-0.2, -0.15) is 0 Å². The molecule has 0 amide bonds. The minimum absolute atomic E-state index is 0.840. The zero-order chi connectivity index (χ0) is 12.1. The summed E-state index contributed by atoms with van der Waals surface area (Å²) >= 11 is 0. The largest absolute Gasteiger partial charge is 0.317 e. The van der Waals surface area contributed by atoms with Crippen molar-refractivity contribution in [1.82, 2.24) is 25.0 Å². The fraction of sp³-hybridized carbons (Fsp3) is 0.846. The molecule has 5 nitrogen and oxygen atoms in total. The number of aryl methyl sites for hydroxylation is 1. The Balaban J connectivity index is 1.46. The number of hydrogen-bond donors (Lipinski definition) is 1. The first-order valence-corrected chi connectivity index (χ1v) is 7.15. The van der Waals surface area contributed by atoms with Gasteiger partial charge in [0.15, 0.2) is 0 Å². The molecule has 3 fully saturated rings. The fourth-order valence-electron chi connectivity index (χ4n) is 4.49. The highest BCUT2D eigenvalue weighted by molar-refractivity contribution is 5.09. The van der Waals surface area contributed by atoms with Crippen molar-refractivity contribution in [3.05, 3.63) is 12.2 Å². The predicted octanol–water partition coefficient (Wildman–Crippen LogP) is 0.269. The predicted molar refractivity (Wildman–Crippen MR) is 68.1 cm³/mol. The molecule has 0 saturated carbocycles. The van der Waals surface area contributed by atoms with Crippen molar-refractivity contribution < 1.29 is 0 Å². The van der Waals surface area contributed by atoms with Crippen LogP contribution in [0.5, 0.6) is 0 Å². The van der Waals surface area contributed by atoms with E-state index in [0.717, 1.165) is 36.3 Å². The van der Waals surface area contributed by atoms with Crippen LogP contribution in [0.15, 0.2) is 6.33 Å². The van der Waals surface area contributed by atoms with Crippen LogP contribution < -0.4 is 5.32 Å². The summed E-state index contributed by atoms with van der Waals surface area (Å²) in [6.07, 6.45) is 4.68. The highest BCUT2D eigenvalue weighted by atomic mass is 15.3. The molecular formula is C13H21N5. The van der Waals surface area contributed by atoms with E-state index in [0.29, 0.717) is 0 Å². The lowest BCUT2D eigenvalue weighted by Crippen LogP contribution is -2.36. The Morgan fingerprint density at radius 3 is 2.56 bits per heavy atom. The molecule has 0 spiro atoms. The lowest BCUT2D eigenvalue weighted by Gasteiger charge is -2.24. The lowest BCUT2D eigenvalue weighted by molar-refractivity contribution is 0.218. The van der Waals surface area contributed by atoms with E-state index in [1.54, 1.807) is 0 Å². The lowest BCUT2D eigenvalue weighted by atomic mass is 9.82. The molecule has 4 atom stereocenters. The van der Waals surface area contributed by atoms with Gasteiger partial charge in [-0.15, -0.1) is 10.2 Å². The number of rotatable bonds is 3. The molecule has 18 heavy (non-hydrogen) atoms. The topological polar surface area (TPSA) is 46.0 Å².